The van der Waals surface area contributed by atoms with Crippen molar-refractivity contribution in [1.82, 2.24) is 15.1 Å². The van der Waals surface area contributed by atoms with Gasteiger partial charge in [0.05, 0.1) is 11.4 Å². The number of benzene rings is 2. The van der Waals surface area contributed by atoms with Crippen molar-refractivity contribution in [3.8, 4) is 11.5 Å². The minimum Gasteiger partial charge on any atom is -0.454 e. The number of anilines is 2. The summed E-state index contributed by atoms with van der Waals surface area (Å²) in [5.41, 5.74) is 2.74. The van der Waals surface area contributed by atoms with Gasteiger partial charge in [0.1, 0.15) is 0 Å². The molecule has 3 fully saturated rings. The largest absolute Gasteiger partial charge is 0.454 e. The molecule has 3 amide bonds. The number of fused-ring (bicyclic) bond motifs is 1. The summed E-state index contributed by atoms with van der Waals surface area (Å²) >= 11 is 0. The van der Waals surface area contributed by atoms with Gasteiger partial charge in [-0.3, -0.25) is 14.4 Å². The van der Waals surface area contributed by atoms with Crippen LogP contribution in [0.3, 0.4) is 0 Å². The third-order valence-corrected chi connectivity index (χ3v) is 8.62. The van der Waals surface area contributed by atoms with Gasteiger partial charge in [0, 0.05) is 69.4 Å². The second-order valence-electron chi connectivity index (χ2n) is 11.3. The molecule has 10 heteroatoms. The van der Waals surface area contributed by atoms with Crippen molar-refractivity contribution in [3.63, 3.8) is 0 Å². The predicted molar refractivity (Wildman–Crippen MR) is 156 cm³/mol. The van der Waals surface area contributed by atoms with Gasteiger partial charge in [0.15, 0.2) is 11.5 Å². The number of piperazine rings is 1. The normalized spacial score (nSPS) is 19.6. The zero-order valence-electron chi connectivity index (χ0n) is 23.5. The number of carbonyl (C=O) groups excluding carboxylic acids is 3. The summed E-state index contributed by atoms with van der Waals surface area (Å²) in [6.07, 6.45) is 5.92. The van der Waals surface area contributed by atoms with Gasteiger partial charge in [-0.05, 0) is 55.7 Å². The molecule has 2 saturated heterocycles. The molecule has 10 nitrogen and oxygen atoms in total. The molecule has 0 radical (unpaired) electrons. The molecule has 0 bridgehead atoms. The summed E-state index contributed by atoms with van der Waals surface area (Å²) in [5.74, 6) is 1.25. The molecular formula is C31H39N5O5. The lowest BCUT2D eigenvalue weighted by molar-refractivity contribution is -0.120. The number of nitrogens with zero attached hydrogens (tertiary/aromatic N) is 3. The van der Waals surface area contributed by atoms with Gasteiger partial charge >= 0.3 is 0 Å². The van der Waals surface area contributed by atoms with Crippen molar-refractivity contribution in [2.45, 2.75) is 38.5 Å². The van der Waals surface area contributed by atoms with Crippen molar-refractivity contribution in [2.75, 3.05) is 69.4 Å². The third kappa shape index (κ3) is 6.12. The van der Waals surface area contributed by atoms with Crippen molar-refractivity contribution >= 4 is 29.1 Å². The highest BCUT2D eigenvalue weighted by Gasteiger charge is 2.27. The van der Waals surface area contributed by atoms with Crippen LogP contribution in [0.25, 0.3) is 0 Å². The first-order valence-electron chi connectivity index (χ1n) is 15.0. The van der Waals surface area contributed by atoms with Crippen molar-refractivity contribution in [3.05, 3.63) is 47.5 Å². The van der Waals surface area contributed by atoms with Gasteiger partial charge < -0.3 is 34.8 Å². The van der Waals surface area contributed by atoms with Crippen LogP contribution in [0.1, 0.15) is 59.2 Å². The third-order valence-electron chi connectivity index (χ3n) is 8.62. The highest BCUT2D eigenvalue weighted by molar-refractivity contribution is 6.01. The lowest BCUT2D eigenvalue weighted by Gasteiger charge is -2.29. The van der Waals surface area contributed by atoms with Crippen LogP contribution in [0, 0.1) is 5.92 Å². The van der Waals surface area contributed by atoms with E-state index in [1.807, 2.05) is 28.0 Å². The summed E-state index contributed by atoms with van der Waals surface area (Å²) in [6.45, 7) is 5.61. The first-order valence-corrected chi connectivity index (χ1v) is 15.0. The van der Waals surface area contributed by atoms with E-state index < -0.39 is 0 Å². The van der Waals surface area contributed by atoms with Crippen LogP contribution < -0.4 is 25.0 Å². The summed E-state index contributed by atoms with van der Waals surface area (Å²) in [6, 6.07) is 11.0. The Morgan fingerprint density at radius 1 is 0.732 bits per heavy atom. The molecule has 2 aromatic carbocycles. The van der Waals surface area contributed by atoms with Gasteiger partial charge in [0.25, 0.3) is 11.8 Å². The second kappa shape index (κ2) is 12.4. The van der Waals surface area contributed by atoms with Gasteiger partial charge in [0.2, 0.25) is 12.7 Å². The van der Waals surface area contributed by atoms with Gasteiger partial charge in [-0.2, -0.15) is 0 Å². The molecule has 0 spiro atoms. The van der Waals surface area contributed by atoms with Gasteiger partial charge in [-0.25, -0.2) is 0 Å². The van der Waals surface area contributed by atoms with E-state index in [1.165, 1.54) is 6.42 Å². The van der Waals surface area contributed by atoms with Gasteiger partial charge in [-0.15, -0.1) is 0 Å². The molecule has 0 aromatic heterocycles. The van der Waals surface area contributed by atoms with E-state index in [0.29, 0.717) is 61.0 Å². The number of amides is 3. The van der Waals surface area contributed by atoms with E-state index >= 15 is 0 Å². The maximum absolute atomic E-state index is 13.4. The second-order valence-corrected chi connectivity index (χ2v) is 11.3. The number of hydrogen-bond acceptors (Lipinski definition) is 7. The Kier molecular flexibility index (Phi) is 8.27. The molecule has 1 saturated carbocycles. The topological polar surface area (TPSA) is 103 Å². The van der Waals surface area contributed by atoms with Crippen LogP contribution in [0.15, 0.2) is 36.4 Å². The summed E-state index contributed by atoms with van der Waals surface area (Å²) in [5, 5.41) is 6.50. The highest BCUT2D eigenvalue weighted by atomic mass is 16.7. The molecule has 2 N–H and O–H groups in total. The van der Waals surface area contributed by atoms with Crippen molar-refractivity contribution in [2.24, 2.45) is 5.92 Å². The lowest BCUT2D eigenvalue weighted by atomic mass is 9.88. The monoisotopic (exact) mass is 561 g/mol. The molecule has 6 rings (SSSR count). The molecule has 0 atom stereocenters. The maximum atomic E-state index is 13.4. The van der Waals surface area contributed by atoms with Crippen LogP contribution in [-0.2, 0) is 4.79 Å². The number of nitrogens with one attached hydrogen (secondary N) is 2. The first kappa shape index (κ1) is 27.4. The molecule has 4 aliphatic rings. The van der Waals surface area contributed by atoms with E-state index in [-0.39, 0.29) is 30.4 Å². The Hall–Kier alpha value is -3.79. The molecule has 3 aliphatic heterocycles. The highest BCUT2D eigenvalue weighted by Crippen LogP contribution is 2.34. The molecule has 41 heavy (non-hydrogen) atoms. The van der Waals surface area contributed by atoms with Crippen LogP contribution in [0.5, 0.6) is 11.5 Å². The average Bonchev–Trinajstić information content (AvgIpc) is 3.36. The van der Waals surface area contributed by atoms with Gasteiger partial charge in [-0.1, -0.05) is 19.3 Å². The maximum Gasteiger partial charge on any atom is 0.254 e. The smallest absolute Gasteiger partial charge is 0.254 e. The predicted octanol–water partition coefficient (Wildman–Crippen LogP) is 3.33. The molecule has 1 aliphatic carbocycles. The van der Waals surface area contributed by atoms with E-state index in [9.17, 15) is 14.4 Å². The first-order chi connectivity index (χ1) is 20.1. The van der Waals surface area contributed by atoms with Crippen LogP contribution in [0.2, 0.25) is 0 Å². The lowest BCUT2D eigenvalue weighted by Crippen LogP contribution is -2.46. The van der Waals surface area contributed by atoms with E-state index in [0.717, 1.165) is 57.4 Å². The fraction of sp³-hybridized carbons (Fsp3) is 0.516. The van der Waals surface area contributed by atoms with E-state index in [1.54, 1.807) is 18.2 Å². The molecule has 218 valence electrons. The zero-order valence-corrected chi connectivity index (χ0v) is 23.5. The Balaban J connectivity index is 1.20. The Morgan fingerprint density at radius 2 is 1.44 bits per heavy atom. The van der Waals surface area contributed by atoms with Crippen LogP contribution in [-0.4, -0.2) is 86.7 Å². The van der Waals surface area contributed by atoms with Crippen LogP contribution >= 0.6 is 0 Å². The number of rotatable bonds is 5. The molecule has 3 heterocycles. The van der Waals surface area contributed by atoms with Crippen molar-refractivity contribution < 1.29 is 23.9 Å². The Morgan fingerprint density at radius 3 is 2.24 bits per heavy atom. The number of hydrogen-bond donors (Lipinski definition) is 2. The fourth-order valence-electron chi connectivity index (χ4n) is 6.27. The Labute approximate surface area is 240 Å². The number of ether oxygens (including phenoxy) is 2. The molecule has 0 unspecified atom stereocenters. The number of carbonyl (C=O) groups is 3. The fourth-order valence-corrected chi connectivity index (χ4v) is 6.27. The van der Waals surface area contributed by atoms with Crippen LogP contribution in [0.4, 0.5) is 11.4 Å². The summed E-state index contributed by atoms with van der Waals surface area (Å²) in [7, 11) is 0. The quantitative estimate of drug-likeness (QED) is 0.577. The van der Waals surface area contributed by atoms with E-state index in [2.05, 4.69) is 15.5 Å². The minimum absolute atomic E-state index is 0.00285. The SMILES string of the molecule is O=C(Nc1cc(C(=O)N2CCNCC2)ccc1N1CCCN(C(=O)c2ccc3c(c2)OCO3)CC1)C1CCCCC1. The average molecular weight is 562 g/mol. The standard InChI is InChI=1S/C31H39N5O5/c37-29(22-5-2-1-3-6-22)33-25-19-23(30(38)36-15-11-32-12-16-36)7-9-26(25)34-13-4-14-35(18-17-34)31(39)24-8-10-27-28(20-24)41-21-40-27/h7-10,19-20,22,32H,1-6,11-18,21H2,(H,33,37). The minimum atomic E-state index is -0.0343. The summed E-state index contributed by atoms with van der Waals surface area (Å²) in [4.78, 5) is 46.0. The van der Waals surface area contributed by atoms with Crippen molar-refractivity contribution in [1.29, 1.82) is 0 Å². The molecule has 2 aromatic rings. The summed E-state index contributed by atoms with van der Waals surface area (Å²) < 4.78 is 10.9. The zero-order chi connectivity index (χ0) is 28.2. The Bertz CT molecular complexity index is 1290. The molecular weight excluding hydrogens is 522 g/mol. The van der Waals surface area contributed by atoms with E-state index in [4.69, 9.17) is 9.47 Å².